The Kier molecular flexibility index (Phi) is 2.71. The van der Waals surface area contributed by atoms with Gasteiger partial charge in [0.2, 0.25) is 0 Å². The van der Waals surface area contributed by atoms with Gasteiger partial charge in [-0.25, -0.2) is 0 Å². The van der Waals surface area contributed by atoms with Gasteiger partial charge < -0.3 is 10.5 Å². The number of rotatable bonds is 2. The molecule has 0 saturated heterocycles. The van der Waals surface area contributed by atoms with E-state index in [0.29, 0.717) is 6.54 Å². The summed E-state index contributed by atoms with van der Waals surface area (Å²) in [5, 5.41) is 0. The Morgan fingerprint density at radius 3 is 2.33 bits per heavy atom. The molecule has 0 bridgehead atoms. The van der Waals surface area contributed by atoms with Crippen molar-refractivity contribution in [2.75, 3.05) is 7.11 Å². The maximum Gasteiger partial charge on any atom is 0.123 e. The van der Waals surface area contributed by atoms with Gasteiger partial charge in [-0.3, -0.25) is 0 Å². The average molecular weight is 165 g/mol. The normalized spacial score (nSPS) is 10.0. The van der Waals surface area contributed by atoms with E-state index in [1.165, 1.54) is 11.1 Å². The topological polar surface area (TPSA) is 35.2 Å². The lowest BCUT2D eigenvalue weighted by Gasteiger charge is -2.09. The predicted molar refractivity (Wildman–Crippen MR) is 50.4 cm³/mol. The van der Waals surface area contributed by atoms with Crippen molar-refractivity contribution in [3.05, 3.63) is 28.8 Å². The van der Waals surface area contributed by atoms with E-state index in [4.69, 9.17) is 10.5 Å². The zero-order valence-electron chi connectivity index (χ0n) is 7.85. The van der Waals surface area contributed by atoms with Crippen LogP contribution in [0.25, 0.3) is 0 Å². The number of aryl methyl sites for hydroxylation is 2. The molecule has 2 N–H and O–H groups in total. The molecule has 66 valence electrons. The lowest BCUT2D eigenvalue weighted by atomic mass is 10.1. The highest BCUT2D eigenvalue weighted by Crippen LogP contribution is 2.22. The first-order chi connectivity index (χ1) is 5.69. The van der Waals surface area contributed by atoms with E-state index in [0.717, 1.165) is 11.3 Å². The van der Waals surface area contributed by atoms with Gasteiger partial charge in [-0.1, -0.05) is 6.07 Å². The summed E-state index contributed by atoms with van der Waals surface area (Å²) in [5.74, 6) is 0.889. The highest BCUT2D eigenvalue weighted by molar-refractivity contribution is 5.41. The smallest absolute Gasteiger partial charge is 0.123 e. The molecule has 0 atom stereocenters. The first-order valence-corrected chi connectivity index (χ1v) is 4.03. The van der Waals surface area contributed by atoms with Gasteiger partial charge in [0, 0.05) is 12.1 Å². The highest BCUT2D eigenvalue weighted by Gasteiger charge is 2.02. The van der Waals surface area contributed by atoms with E-state index in [2.05, 4.69) is 19.9 Å². The quantitative estimate of drug-likeness (QED) is 0.724. The lowest BCUT2D eigenvalue weighted by molar-refractivity contribution is 0.409. The molecule has 2 nitrogen and oxygen atoms in total. The summed E-state index contributed by atoms with van der Waals surface area (Å²) in [5.41, 5.74) is 9.14. The van der Waals surface area contributed by atoms with E-state index < -0.39 is 0 Å². The molecule has 1 rings (SSSR count). The largest absolute Gasteiger partial charge is 0.496 e. The van der Waals surface area contributed by atoms with Crippen LogP contribution in [-0.2, 0) is 6.54 Å². The van der Waals surface area contributed by atoms with Crippen LogP contribution >= 0.6 is 0 Å². The first-order valence-electron chi connectivity index (χ1n) is 4.03. The number of nitrogens with two attached hydrogens (primary N) is 1. The molecule has 1 aromatic rings. The Bertz CT molecular complexity index is 252. The number of hydrogen-bond donors (Lipinski definition) is 1. The monoisotopic (exact) mass is 165 g/mol. The molecule has 0 aromatic heterocycles. The van der Waals surface area contributed by atoms with Gasteiger partial charge >= 0.3 is 0 Å². The molecule has 1 aromatic carbocycles. The summed E-state index contributed by atoms with van der Waals surface area (Å²) < 4.78 is 5.19. The maximum absolute atomic E-state index is 5.57. The first kappa shape index (κ1) is 9.07. The predicted octanol–water partition coefficient (Wildman–Crippen LogP) is 1.77. The van der Waals surface area contributed by atoms with Crippen molar-refractivity contribution in [3.63, 3.8) is 0 Å². The lowest BCUT2D eigenvalue weighted by Crippen LogP contribution is -2.01. The van der Waals surface area contributed by atoms with Gasteiger partial charge in [-0.2, -0.15) is 0 Å². The third-order valence-electron chi connectivity index (χ3n) is 2.12. The molecule has 0 spiro atoms. The fourth-order valence-electron chi connectivity index (χ4n) is 1.20. The van der Waals surface area contributed by atoms with Crippen molar-refractivity contribution in [1.82, 2.24) is 0 Å². The second kappa shape index (κ2) is 3.59. The SMILES string of the molecule is COc1cc(C)c(C)cc1CN. The molecular formula is C10H15NO. The zero-order valence-corrected chi connectivity index (χ0v) is 7.85. The fraction of sp³-hybridized carbons (Fsp3) is 0.400. The van der Waals surface area contributed by atoms with Gasteiger partial charge in [0.1, 0.15) is 5.75 Å². The van der Waals surface area contributed by atoms with E-state index in [9.17, 15) is 0 Å². The molecule has 0 heterocycles. The molecular weight excluding hydrogens is 150 g/mol. The Labute approximate surface area is 73.3 Å². The van der Waals surface area contributed by atoms with Crippen LogP contribution in [0, 0.1) is 13.8 Å². The zero-order chi connectivity index (χ0) is 9.14. The minimum atomic E-state index is 0.532. The molecule has 0 amide bonds. The Morgan fingerprint density at radius 1 is 1.25 bits per heavy atom. The van der Waals surface area contributed by atoms with Crippen LogP contribution in [0.2, 0.25) is 0 Å². The number of hydrogen-bond acceptors (Lipinski definition) is 2. The molecule has 12 heavy (non-hydrogen) atoms. The van der Waals surface area contributed by atoms with Crippen molar-refractivity contribution in [3.8, 4) is 5.75 Å². The summed E-state index contributed by atoms with van der Waals surface area (Å²) in [6.07, 6.45) is 0. The van der Waals surface area contributed by atoms with Crippen molar-refractivity contribution < 1.29 is 4.74 Å². The molecule has 0 aliphatic carbocycles. The van der Waals surface area contributed by atoms with Crippen molar-refractivity contribution in [2.45, 2.75) is 20.4 Å². The van der Waals surface area contributed by atoms with Crippen LogP contribution in [-0.4, -0.2) is 7.11 Å². The molecule has 0 radical (unpaired) electrons. The highest BCUT2D eigenvalue weighted by atomic mass is 16.5. The molecule has 0 aliphatic heterocycles. The van der Waals surface area contributed by atoms with Crippen LogP contribution < -0.4 is 10.5 Å². The van der Waals surface area contributed by atoms with E-state index in [1.807, 2.05) is 6.07 Å². The number of methoxy groups -OCH3 is 1. The number of ether oxygens (including phenoxy) is 1. The fourth-order valence-corrected chi connectivity index (χ4v) is 1.20. The molecule has 0 fully saturated rings. The van der Waals surface area contributed by atoms with Gasteiger partial charge in [0.05, 0.1) is 7.11 Å². The second-order valence-electron chi connectivity index (χ2n) is 2.95. The van der Waals surface area contributed by atoms with E-state index in [-0.39, 0.29) is 0 Å². The summed E-state index contributed by atoms with van der Waals surface area (Å²) in [6, 6.07) is 4.10. The van der Waals surface area contributed by atoms with Gasteiger partial charge in [-0.05, 0) is 31.0 Å². The number of benzene rings is 1. The standard InChI is InChI=1S/C10H15NO/c1-7-4-9(6-11)10(12-3)5-8(7)2/h4-5H,6,11H2,1-3H3. The average Bonchev–Trinajstić information content (AvgIpc) is 2.09. The van der Waals surface area contributed by atoms with Crippen molar-refractivity contribution in [2.24, 2.45) is 5.73 Å². The van der Waals surface area contributed by atoms with Crippen LogP contribution in [0.5, 0.6) is 5.75 Å². The van der Waals surface area contributed by atoms with Gasteiger partial charge in [-0.15, -0.1) is 0 Å². The minimum Gasteiger partial charge on any atom is -0.496 e. The van der Waals surface area contributed by atoms with Gasteiger partial charge in [0.25, 0.3) is 0 Å². The minimum absolute atomic E-state index is 0.532. The Hall–Kier alpha value is -1.02. The van der Waals surface area contributed by atoms with E-state index in [1.54, 1.807) is 7.11 Å². The van der Waals surface area contributed by atoms with Crippen LogP contribution in [0.3, 0.4) is 0 Å². The molecule has 0 saturated carbocycles. The van der Waals surface area contributed by atoms with E-state index >= 15 is 0 Å². The van der Waals surface area contributed by atoms with Crippen LogP contribution in [0.4, 0.5) is 0 Å². The summed E-state index contributed by atoms with van der Waals surface area (Å²) in [4.78, 5) is 0. The van der Waals surface area contributed by atoms with Crippen molar-refractivity contribution in [1.29, 1.82) is 0 Å². The van der Waals surface area contributed by atoms with Crippen LogP contribution in [0.1, 0.15) is 16.7 Å². The third kappa shape index (κ3) is 1.59. The summed E-state index contributed by atoms with van der Waals surface area (Å²) in [7, 11) is 1.67. The summed E-state index contributed by atoms with van der Waals surface area (Å²) in [6.45, 7) is 4.68. The molecule has 0 aliphatic rings. The van der Waals surface area contributed by atoms with Crippen LogP contribution in [0.15, 0.2) is 12.1 Å². The third-order valence-corrected chi connectivity index (χ3v) is 2.12. The second-order valence-corrected chi connectivity index (χ2v) is 2.95. The Morgan fingerprint density at radius 2 is 1.83 bits per heavy atom. The maximum atomic E-state index is 5.57. The van der Waals surface area contributed by atoms with Gasteiger partial charge in [0.15, 0.2) is 0 Å². The molecule has 0 unspecified atom stereocenters. The summed E-state index contributed by atoms with van der Waals surface area (Å²) >= 11 is 0. The molecule has 2 heteroatoms. The van der Waals surface area contributed by atoms with Crippen molar-refractivity contribution >= 4 is 0 Å². The Balaban J connectivity index is 3.19.